The molecule has 1 saturated carbocycles. The minimum absolute atomic E-state index is 0.0176. The first kappa shape index (κ1) is 14.5. The van der Waals surface area contributed by atoms with E-state index < -0.39 is 0 Å². The summed E-state index contributed by atoms with van der Waals surface area (Å²) >= 11 is 0. The highest BCUT2D eigenvalue weighted by Gasteiger charge is 2.26. The number of nitrogens with one attached hydrogen (secondary N) is 1. The van der Waals surface area contributed by atoms with Crippen molar-refractivity contribution in [2.45, 2.75) is 45.2 Å². The maximum atomic E-state index is 12.0. The highest BCUT2D eigenvalue weighted by atomic mass is 16.2. The third-order valence-electron chi connectivity index (χ3n) is 3.72. The van der Waals surface area contributed by atoms with E-state index in [1.165, 1.54) is 6.92 Å². The van der Waals surface area contributed by atoms with Gasteiger partial charge in [-0.15, -0.1) is 0 Å². The van der Waals surface area contributed by atoms with Crippen LogP contribution in [0.4, 0.5) is 0 Å². The number of hydrogen-bond acceptors (Lipinski definition) is 3. The van der Waals surface area contributed by atoms with Crippen molar-refractivity contribution in [3.63, 3.8) is 0 Å². The van der Waals surface area contributed by atoms with Crippen molar-refractivity contribution in [1.29, 1.82) is 0 Å². The van der Waals surface area contributed by atoms with Gasteiger partial charge in [-0.3, -0.25) is 14.6 Å². The third kappa shape index (κ3) is 4.05. The van der Waals surface area contributed by atoms with Gasteiger partial charge in [0.05, 0.1) is 6.54 Å². The van der Waals surface area contributed by atoms with Crippen LogP contribution in [0.15, 0.2) is 24.5 Å². The first-order valence-electron chi connectivity index (χ1n) is 7.09. The molecule has 0 spiro atoms. The quantitative estimate of drug-likeness (QED) is 0.885. The summed E-state index contributed by atoms with van der Waals surface area (Å²) in [4.78, 5) is 29.3. The Labute approximate surface area is 119 Å². The molecule has 1 aliphatic carbocycles. The lowest BCUT2D eigenvalue weighted by molar-refractivity contribution is -0.136. The molecular formula is C15H21N3O2. The molecule has 2 amide bonds. The number of pyridine rings is 1. The van der Waals surface area contributed by atoms with E-state index in [2.05, 4.69) is 10.3 Å². The van der Waals surface area contributed by atoms with Crippen molar-refractivity contribution in [3.8, 4) is 0 Å². The normalized spacial score (nSPS) is 15.1. The van der Waals surface area contributed by atoms with Gasteiger partial charge in [-0.05, 0) is 30.5 Å². The second-order valence-electron chi connectivity index (χ2n) is 5.22. The molecule has 20 heavy (non-hydrogen) atoms. The Hall–Kier alpha value is -1.91. The second kappa shape index (κ2) is 7.03. The topological polar surface area (TPSA) is 62.3 Å². The number of carbonyl (C=O) groups is 2. The summed E-state index contributed by atoms with van der Waals surface area (Å²) in [6.07, 6.45) is 7.71. The van der Waals surface area contributed by atoms with Crippen LogP contribution in [-0.2, 0) is 16.1 Å². The zero-order valence-corrected chi connectivity index (χ0v) is 11.8. The minimum atomic E-state index is -0.107. The largest absolute Gasteiger partial charge is 0.350 e. The van der Waals surface area contributed by atoms with Gasteiger partial charge in [0, 0.05) is 31.9 Å². The average Bonchev–Trinajstić information content (AvgIpc) is 2.97. The summed E-state index contributed by atoms with van der Waals surface area (Å²) in [5.74, 6) is -0.125. The molecule has 0 aliphatic heterocycles. The summed E-state index contributed by atoms with van der Waals surface area (Å²) in [6, 6.07) is 3.96. The van der Waals surface area contributed by atoms with Crippen molar-refractivity contribution < 1.29 is 9.59 Å². The van der Waals surface area contributed by atoms with Gasteiger partial charge in [-0.2, -0.15) is 0 Å². The lowest BCUT2D eigenvalue weighted by atomic mass is 10.2. The Kier molecular flexibility index (Phi) is 5.09. The molecule has 0 atom stereocenters. The lowest BCUT2D eigenvalue weighted by Gasteiger charge is -2.27. The number of amides is 2. The van der Waals surface area contributed by atoms with Crippen molar-refractivity contribution in [2.75, 3.05) is 6.54 Å². The highest BCUT2D eigenvalue weighted by Crippen LogP contribution is 2.23. The molecule has 0 saturated heterocycles. The number of aromatic nitrogens is 1. The van der Waals surface area contributed by atoms with Crippen molar-refractivity contribution in [2.24, 2.45) is 0 Å². The van der Waals surface area contributed by atoms with Crippen LogP contribution in [0.2, 0.25) is 0 Å². The Morgan fingerprint density at radius 3 is 2.55 bits per heavy atom. The van der Waals surface area contributed by atoms with Gasteiger partial charge in [0.15, 0.2) is 0 Å². The molecule has 0 unspecified atom stereocenters. The fourth-order valence-electron chi connectivity index (χ4n) is 2.63. The van der Waals surface area contributed by atoms with E-state index in [0.717, 1.165) is 31.2 Å². The first-order chi connectivity index (χ1) is 9.66. The second-order valence-corrected chi connectivity index (χ2v) is 5.22. The van der Waals surface area contributed by atoms with Crippen molar-refractivity contribution in [1.82, 2.24) is 15.2 Å². The van der Waals surface area contributed by atoms with Crippen LogP contribution < -0.4 is 5.32 Å². The first-order valence-corrected chi connectivity index (χ1v) is 7.09. The summed E-state index contributed by atoms with van der Waals surface area (Å²) < 4.78 is 0. The van der Waals surface area contributed by atoms with Crippen LogP contribution in [-0.4, -0.2) is 34.3 Å². The maximum Gasteiger partial charge on any atom is 0.239 e. The van der Waals surface area contributed by atoms with E-state index in [1.807, 2.05) is 12.1 Å². The van der Waals surface area contributed by atoms with Gasteiger partial charge in [0.25, 0.3) is 0 Å². The zero-order chi connectivity index (χ0) is 14.4. The molecule has 0 radical (unpaired) electrons. The summed E-state index contributed by atoms with van der Waals surface area (Å²) in [5, 5.41) is 2.85. The predicted octanol–water partition coefficient (Wildman–Crippen LogP) is 1.49. The van der Waals surface area contributed by atoms with Gasteiger partial charge in [0.1, 0.15) is 0 Å². The maximum absolute atomic E-state index is 12.0. The van der Waals surface area contributed by atoms with Crippen LogP contribution in [0.1, 0.15) is 38.2 Å². The smallest absolute Gasteiger partial charge is 0.239 e. The third-order valence-corrected chi connectivity index (χ3v) is 3.72. The van der Waals surface area contributed by atoms with E-state index >= 15 is 0 Å². The fourth-order valence-corrected chi connectivity index (χ4v) is 2.63. The Bertz CT molecular complexity index is 455. The van der Waals surface area contributed by atoms with Crippen LogP contribution in [0.5, 0.6) is 0 Å². The molecule has 1 heterocycles. The Balaban J connectivity index is 1.84. The van der Waals surface area contributed by atoms with Crippen LogP contribution in [0.25, 0.3) is 0 Å². The van der Waals surface area contributed by atoms with Gasteiger partial charge in [0.2, 0.25) is 11.8 Å². The fraction of sp³-hybridized carbons (Fsp3) is 0.533. The monoisotopic (exact) mass is 275 g/mol. The predicted molar refractivity (Wildman–Crippen MR) is 75.7 cm³/mol. The van der Waals surface area contributed by atoms with Crippen LogP contribution in [0.3, 0.4) is 0 Å². The van der Waals surface area contributed by atoms with E-state index in [4.69, 9.17) is 0 Å². The molecule has 0 aromatic carbocycles. The molecule has 1 aliphatic rings. The van der Waals surface area contributed by atoms with Crippen molar-refractivity contribution >= 4 is 11.8 Å². The van der Waals surface area contributed by atoms with Gasteiger partial charge >= 0.3 is 0 Å². The molecule has 0 bridgehead atoms. The molecule has 1 fully saturated rings. The summed E-state index contributed by atoms with van der Waals surface area (Å²) in [6.45, 7) is 2.16. The average molecular weight is 275 g/mol. The van der Waals surface area contributed by atoms with Gasteiger partial charge in [-0.25, -0.2) is 0 Å². The number of nitrogens with zero attached hydrogens (tertiary/aromatic N) is 2. The Morgan fingerprint density at radius 1 is 1.30 bits per heavy atom. The lowest BCUT2D eigenvalue weighted by Crippen LogP contribution is -2.44. The molecule has 1 aromatic heterocycles. The zero-order valence-electron chi connectivity index (χ0n) is 11.8. The number of hydrogen-bond donors (Lipinski definition) is 1. The van der Waals surface area contributed by atoms with E-state index in [0.29, 0.717) is 6.54 Å². The SMILES string of the molecule is CC(=O)N(CC(=O)NCc1ccncc1)C1CCCC1. The summed E-state index contributed by atoms with van der Waals surface area (Å²) in [7, 11) is 0. The molecule has 5 heteroatoms. The van der Waals surface area contributed by atoms with Gasteiger partial charge in [-0.1, -0.05) is 12.8 Å². The number of carbonyl (C=O) groups excluding carboxylic acids is 2. The van der Waals surface area contributed by atoms with Crippen molar-refractivity contribution in [3.05, 3.63) is 30.1 Å². The summed E-state index contributed by atoms with van der Waals surface area (Å²) in [5.41, 5.74) is 1.00. The van der Waals surface area contributed by atoms with E-state index in [-0.39, 0.29) is 24.4 Å². The molecular weight excluding hydrogens is 254 g/mol. The highest BCUT2D eigenvalue weighted by molar-refractivity contribution is 5.84. The minimum Gasteiger partial charge on any atom is -0.350 e. The van der Waals surface area contributed by atoms with Gasteiger partial charge < -0.3 is 10.2 Å². The van der Waals surface area contributed by atoms with E-state index in [9.17, 15) is 9.59 Å². The Morgan fingerprint density at radius 2 is 1.95 bits per heavy atom. The molecule has 2 rings (SSSR count). The standard InChI is InChI=1S/C15H21N3O2/c1-12(19)18(14-4-2-3-5-14)11-15(20)17-10-13-6-8-16-9-7-13/h6-9,14H,2-5,10-11H2,1H3,(H,17,20). The molecule has 5 nitrogen and oxygen atoms in total. The molecule has 108 valence electrons. The van der Waals surface area contributed by atoms with E-state index in [1.54, 1.807) is 17.3 Å². The van der Waals surface area contributed by atoms with Crippen LogP contribution in [0, 0.1) is 0 Å². The molecule has 1 N–H and O–H groups in total. The number of rotatable bonds is 5. The molecule has 1 aromatic rings. The van der Waals surface area contributed by atoms with Crippen LogP contribution >= 0.6 is 0 Å².